The lowest BCUT2D eigenvalue weighted by molar-refractivity contribution is -0.131. The summed E-state index contributed by atoms with van der Waals surface area (Å²) in [5, 5.41) is 16.9. The third-order valence-electron chi connectivity index (χ3n) is 1.01. The van der Waals surface area contributed by atoms with Gasteiger partial charge in [0.2, 0.25) is 0 Å². The molecule has 0 bridgehead atoms. The minimum Gasteiger partial charge on any atom is -0.478 e. The Morgan fingerprint density at radius 2 is 2.11 bits per heavy atom. The van der Waals surface area contributed by atoms with E-state index in [4.69, 9.17) is 10.2 Å². The zero-order valence-corrected chi connectivity index (χ0v) is 5.46. The number of rotatable bonds is 2. The van der Waals surface area contributed by atoms with Crippen molar-refractivity contribution < 1.29 is 15.0 Å². The van der Waals surface area contributed by atoms with Crippen LogP contribution in [0.5, 0.6) is 0 Å². The zero-order valence-electron chi connectivity index (χ0n) is 5.46. The summed E-state index contributed by atoms with van der Waals surface area (Å²) < 4.78 is 0. The van der Waals surface area contributed by atoms with Gasteiger partial charge in [0.1, 0.15) is 0 Å². The van der Waals surface area contributed by atoms with Gasteiger partial charge in [-0.1, -0.05) is 0 Å². The average molecular weight is 130 g/mol. The third-order valence-corrected chi connectivity index (χ3v) is 1.01. The van der Waals surface area contributed by atoms with Gasteiger partial charge in [0.15, 0.2) is 0 Å². The molecule has 0 heterocycles. The predicted octanol–water partition coefficient (Wildman–Crippen LogP) is 0.398. The SMILES string of the molecule is C/C(=C\C(=O)O)[C@H](C)O. The number of hydrogen-bond acceptors (Lipinski definition) is 2. The number of aliphatic hydroxyl groups is 1. The van der Waals surface area contributed by atoms with E-state index in [9.17, 15) is 4.79 Å². The minimum atomic E-state index is -1.02. The Balaban J connectivity index is 4.00. The highest BCUT2D eigenvalue weighted by atomic mass is 16.4. The average Bonchev–Trinajstić information content (AvgIpc) is 1.63. The standard InChI is InChI=1S/C6H10O3/c1-4(5(2)7)3-6(8)9/h3,5,7H,1-2H3,(H,8,9)/b4-3+/t5-/m0/s1. The van der Waals surface area contributed by atoms with Crippen LogP contribution in [0, 0.1) is 0 Å². The number of aliphatic carboxylic acids is 1. The summed E-state index contributed by atoms with van der Waals surface area (Å²) in [6, 6.07) is 0. The van der Waals surface area contributed by atoms with Crippen molar-refractivity contribution in [2.24, 2.45) is 0 Å². The summed E-state index contributed by atoms with van der Waals surface area (Å²) in [5.74, 6) is -1.02. The van der Waals surface area contributed by atoms with Gasteiger partial charge < -0.3 is 10.2 Å². The van der Waals surface area contributed by atoms with Crippen molar-refractivity contribution >= 4 is 5.97 Å². The van der Waals surface area contributed by atoms with Gasteiger partial charge in [-0.3, -0.25) is 0 Å². The van der Waals surface area contributed by atoms with Gasteiger partial charge >= 0.3 is 5.97 Å². The van der Waals surface area contributed by atoms with Crippen LogP contribution in [0.2, 0.25) is 0 Å². The van der Waals surface area contributed by atoms with E-state index >= 15 is 0 Å². The van der Waals surface area contributed by atoms with E-state index < -0.39 is 12.1 Å². The topological polar surface area (TPSA) is 57.5 Å². The van der Waals surface area contributed by atoms with Crippen LogP contribution in [0.25, 0.3) is 0 Å². The number of aliphatic hydroxyl groups excluding tert-OH is 1. The number of carbonyl (C=O) groups is 1. The lowest BCUT2D eigenvalue weighted by Gasteiger charge is -2.00. The summed E-state index contributed by atoms with van der Waals surface area (Å²) in [7, 11) is 0. The Morgan fingerprint density at radius 1 is 1.67 bits per heavy atom. The molecule has 0 spiro atoms. The molecule has 0 aromatic rings. The molecule has 0 rings (SSSR count). The molecule has 52 valence electrons. The molecule has 0 amide bonds. The van der Waals surface area contributed by atoms with Gasteiger partial charge in [0.25, 0.3) is 0 Å². The van der Waals surface area contributed by atoms with Crippen molar-refractivity contribution in [2.45, 2.75) is 20.0 Å². The first-order valence-electron chi connectivity index (χ1n) is 2.63. The van der Waals surface area contributed by atoms with Crippen molar-refractivity contribution in [3.8, 4) is 0 Å². The largest absolute Gasteiger partial charge is 0.478 e. The van der Waals surface area contributed by atoms with Gasteiger partial charge in [0.05, 0.1) is 6.10 Å². The summed E-state index contributed by atoms with van der Waals surface area (Å²) in [6.45, 7) is 3.09. The van der Waals surface area contributed by atoms with Crippen molar-refractivity contribution in [2.75, 3.05) is 0 Å². The molecule has 0 fully saturated rings. The Hall–Kier alpha value is -0.830. The fourth-order valence-corrected chi connectivity index (χ4v) is 0.315. The van der Waals surface area contributed by atoms with E-state index in [-0.39, 0.29) is 0 Å². The molecule has 0 aromatic carbocycles. The highest BCUT2D eigenvalue weighted by molar-refractivity contribution is 5.80. The second-order valence-corrected chi connectivity index (χ2v) is 1.90. The zero-order chi connectivity index (χ0) is 7.44. The Kier molecular flexibility index (Phi) is 2.95. The lowest BCUT2D eigenvalue weighted by Crippen LogP contribution is -2.03. The van der Waals surface area contributed by atoms with E-state index in [0.717, 1.165) is 6.08 Å². The molecule has 0 aliphatic carbocycles. The molecule has 3 nitrogen and oxygen atoms in total. The molecule has 9 heavy (non-hydrogen) atoms. The van der Waals surface area contributed by atoms with Crippen molar-refractivity contribution in [1.82, 2.24) is 0 Å². The van der Waals surface area contributed by atoms with Gasteiger partial charge in [-0.25, -0.2) is 4.79 Å². The molecule has 0 unspecified atom stereocenters. The first kappa shape index (κ1) is 8.17. The van der Waals surface area contributed by atoms with Gasteiger partial charge in [-0.05, 0) is 19.4 Å². The van der Waals surface area contributed by atoms with E-state index in [2.05, 4.69) is 0 Å². The second kappa shape index (κ2) is 3.25. The van der Waals surface area contributed by atoms with Crippen LogP contribution in [0.1, 0.15) is 13.8 Å². The first-order chi connectivity index (χ1) is 4.04. The smallest absolute Gasteiger partial charge is 0.328 e. The molecule has 0 radical (unpaired) electrons. The molecule has 0 aliphatic heterocycles. The van der Waals surface area contributed by atoms with Gasteiger partial charge in [0, 0.05) is 6.08 Å². The summed E-state index contributed by atoms with van der Waals surface area (Å²) in [6.07, 6.45) is 0.325. The monoisotopic (exact) mass is 130 g/mol. The highest BCUT2D eigenvalue weighted by Crippen LogP contribution is 1.97. The van der Waals surface area contributed by atoms with Crippen LogP contribution in [0.3, 0.4) is 0 Å². The molecule has 3 heteroatoms. The molecule has 0 aliphatic rings. The van der Waals surface area contributed by atoms with Crippen LogP contribution >= 0.6 is 0 Å². The van der Waals surface area contributed by atoms with Crippen molar-refractivity contribution in [3.05, 3.63) is 11.6 Å². The van der Waals surface area contributed by atoms with Crippen LogP contribution in [-0.4, -0.2) is 22.3 Å². The fourth-order valence-electron chi connectivity index (χ4n) is 0.315. The fraction of sp³-hybridized carbons (Fsp3) is 0.500. The van der Waals surface area contributed by atoms with Gasteiger partial charge in [-0.2, -0.15) is 0 Å². The summed E-state index contributed by atoms with van der Waals surface area (Å²) >= 11 is 0. The van der Waals surface area contributed by atoms with Crippen LogP contribution < -0.4 is 0 Å². The van der Waals surface area contributed by atoms with Crippen molar-refractivity contribution in [3.63, 3.8) is 0 Å². The quantitative estimate of drug-likeness (QED) is 0.532. The number of carboxylic acids is 1. The van der Waals surface area contributed by atoms with E-state index in [1.165, 1.54) is 6.92 Å². The maximum Gasteiger partial charge on any atom is 0.328 e. The van der Waals surface area contributed by atoms with Crippen LogP contribution in [0.15, 0.2) is 11.6 Å². The number of hydrogen-bond donors (Lipinski definition) is 2. The minimum absolute atomic E-state index is 0.461. The second-order valence-electron chi connectivity index (χ2n) is 1.90. The number of carboxylic acid groups (broad SMARTS) is 1. The lowest BCUT2D eigenvalue weighted by atomic mass is 10.2. The maximum absolute atomic E-state index is 9.93. The van der Waals surface area contributed by atoms with Gasteiger partial charge in [-0.15, -0.1) is 0 Å². The van der Waals surface area contributed by atoms with E-state index in [0.29, 0.717) is 5.57 Å². The third kappa shape index (κ3) is 3.73. The normalized spacial score (nSPS) is 15.2. The Labute approximate surface area is 53.6 Å². The maximum atomic E-state index is 9.93. The molecule has 2 N–H and O–H groups in total. The summed E-state index contributed by atoms with van der Waals surface area (Å²) in [5.41, 5.74) is 0.461. The summed E-state index contributed by atoms with van der Waals surface area (Å²) in [4.78, 5) is 9.93. The Bertz CT molecular complexity index is 135. The van der Waals surface area contributed by atoms with E-state index in [1.807, 2.05) is 0 Å². The van der Waals surface area contributed by atoms with Crippen molar-refractivity contribution in [1.29, 1.82) is 0 Å². The van der Waals surface area contributed by atoms with Crippen LogP contribution in [-0.2, 0) is 4.79 Å². The highest BCUT2D eigenvalue weighted by Gasteiger charge is 1.98. The van der Waals surface area contributed by atoms with E-state index in [1.54, 1.807) is 6.92 Å². The molecule has 0 aromatic heterocycles. The molecule has 0 saturated carbocycles. The molecular formula is C6H10O3. The van der Waals surface area contributed by atoms with Crippen LogP contribution in [0.4, 0.5) is 0 Å². The molecule has 1 atom stereocenters. The predicted molar refractivity (Wildman–Crippen MR) is 33.1 cm³/mol. The molecule has 0 saturated heterocycles. The Morgan fingerprint density at radius 3 is 2.22 bits per heavy atom. The molecular weight excluding hydrogens is 120 g/mol. The first-order valence-corrected chi connectivity index (χ1v) is 2.63.